The lowest BCUT2D eigenvalue weighted by Crippen LogP contribution is -2.66. The zero-order valence-electron chi connectivity index (χ0n) is 22.1. The van der Waals surface area contributed by atoms with Crippen molar-refractivity contribution in [2.75, 3.05) is 14.2 Å². The Kier molecular flexibility index (Phi) is 7.45. The number of rotatable bonds is 11. The molecule has 0 saturated heterocycles. The molecule has 4 bridgehead atoms. The van der Waals surface area contributed by atoms with Gasteiger partial charge < -0.3 is 18.9 Å². The first-order chi connectivity index (χ1) is 14.8. The summed E-state index contributed by atoms with van der Waals surface area (Å²) < 4.78 is 25.0. The third-order valence-electron chi connectivity index (χ3n) is 8.65. The second kappa shape index (κ2) is 9.19. The Hall–Kier alpha value is -0.650. The summed E-state index contributed by atoms with van der Waals surface area (Å²) in [5, 5.41) is 0. The molecule has 4 aliphatic rings. The number of methoxy groups -OCH3 is 2. The van der Waals surface area contributed by atoms with Gasteiger partial charge >= 0.3 is 5.97 Å². The minimum atomic E-state index is -0.468. The van der Waals surface area contributed by atoms with Crippen LogP contribution in [0.25, 0.3) is 0 Å². The van der Waals surface area contributed by atoms with E-state index in [4.69, 9.17) is 18.9 Å². The maximum absolute atomic E-state index is 13.2. The summed E-state index contributed by atoms with van der Waals surface area (Å²) in [6.07, 6.45) is 7.63. The lowest BCUT2D eigenvalue weighted by molar-refractivity contribution is -0.307. The zero-order valence-corrected chi connectivity index (χ0v) is 22.1. The van der Waals surface area contributed by atoms with E-state index < -0.39 is 11.0 Å². The molecule has 0 aromatic rings. The van der Waals surface area contributed by atoms with Crippen LogP contribution >= 0.6 is 0 Å². The van der Waals surface area contributed by atoms with E-state index in [1.54, 1.807) is 7.11 Å². The number of hydrogen-bond donors (Lipinski definition) is 0. The van der Waals surface area contributed by atoms with Crippen molar-refractivity contribution < 1.29 is 23.7 Å². The van der Waals surface area contributed by atoms with Crippen molar-refractivity contribution in [3.05, 3.63) is 0 Å². The van der Waals surface area contributed by atoms with Crippen molar-refractivity contribution in [2.24, 2.45) is 28.6 Å². The van der Waals surface area contributed by atoms with Gasteiger partial charge in [0.05, 0.1) is 17.1 Å². The predicted molar refractivity (Wildman–Crippen MR) is 126 cm³/mol. The molecule has 0 aliphatic heterocycles. The van der Waals surface area contributed by atoms with Gasteiger partial charge in [-0.05, 0) is 76.0 Å². The molecule has 0 heterocycles. The summed E-state index contributed by atoms with van der Waals surface area (Å²) in [6, 6.07) is 0. The molecule has 0 amide bonds. The second-order valence-electron chi connectivity index (χ2n) is 12.7. The Bertz CT molecular complexity index is 635. The van der Waals surface area contributed by atoms with E-state index >= 15 is 0 Å². The van der Waals surface area contributed by atoms with Crippen molar-refractivity contribution in [1.29, 1.82) is 0 Å². The SMILES string of the molecule is CCC(C)(C)C(=O)OC12CC3CC(CC(OC)C(C)C)(C1)CC(OC(OC)C(C)C)(C3)C2. The van der Waals surface area contributed by atoms with Gasteiger partial charge in [0.25, 0.3) is 0 Å². The first-order valence-electron chi connectivity index (χ1n) is 12.8. The van der Waals surface area contributed by atoms with Gasteiger partial charge in [0, 0.05) is 26.6 Å². The highest BCUT2D eigenvalue weighted by Crippen LogP contribution is 2.67. The predicted octanol–water partition coefficient (Wildman–Crippen LogP) is 6.13. The van der Waals surface area contributed by atoms with E-state index in [-0.39, 0.29) is 35.3 Å². The van der Waals surface area contributed by atoms with Crippen molar-refractivity contribution in [2.45, 2.75) is 123 Å². The highest BCUT2D eigenvalue weighted by atomic mass is 16.7. The van der Waals surface area contributed by atoms with E-state index in [0.29, 0.717) is 11.8 Å². The molecule has 186 valence electrons. The Labute approximate surface area is 196 Å². The Balaban J connectivity index is 1.96. The minimum absolute atomic E-state index is 0.0634. The maximum atomic E-state index is 13.2. The van der Waals surface area contributed by atoms with Crippen LogP contribution in [0.1, 0.15) is 99.8 Å². The van der Waals surface area contributed by atoms with Gasteiger partial charge in [-0.2, -0.15) is 0 Å². The molecule has 0 spiro atoms. The molecule has 4 saturated carbocycles. The molecule has 4 rings (SSSR count). The van der Waals surface area contributed by atoms with E-state index in [2.05, 4.69) is 34.6 Å². The first kappa shape index (κ1) is 26.0. The molecular weight excluding hydrogens is 404 g/mol. The fourth-order valence-electron chi connectivity index (χ4n) is 7.13. The molecule has 6 unspecified atom stereocenters. The van der Waals surface area contributed by atoms with Crippen LogP contribution < -0.4 is 0 Å². The molecule has 32 heavy (non-hydrogen) atoms. The van der Waals surface area contributed by atoms with Gasteiger partial charge in [-0.3, -0.25) is 4.79 Å². The van der Waals surface area contributed by atoms with Gasteiger partial charge in [0.15, 0.2) is 6.29 Å². The van der Waals surface area contributed by atoms with Gasteiger partial charge in [-0.15, -0.1) is 0 Å². The normalized spacial score (nSPS) is 36.0. The van der Waals surface area contributed by atoms with Crippen molar-refractivity contribution in [3.63, 3.8) is 0 Å². The molecule has 4 fully saturated rings. The van der Waals surface area contributed by atoms with Crippen molar-refractivity contribution in [1.82, 2.24) is 0 Å². The molecule has 5 nitrogen and oxygen atoms in total. The monoisotopic (exact) mass is 452 g/mol. The van der Waals surface area contributed by atoms with Crippen LogP contribution in [0.3, 0.4) is 0 Å². The summed E-state index contributed by atoms with van der Waals surface area (Å²) in [4.78, 5) is 13.2. The quantitative estimate of drug-likeness (QED) is 0.279. The van der Waals surface area contributed by atoms with Gasteiger partial charge in [0.2, 0.25) is 0 Å². The molecule has 0 radical (unpaired) electrons. The van der Waals surface area contributed by atoms with Crippen molar-refractivity contribution >= 4 is 5.97 Å². The van der Waals surface area contributed by atoms with Crippen LogP contribution in [0.4, 0.5) is 0 Å². The summed E-state index contributed by atoms with van der Waals surface area (Å²) in [7, 11) is 3.57. The van der Waals surface area contributed by atoms with Gasteiger partial charge in [-0.25, -0.2) is 0 Å². The molecule has 4 aliphatic carbocycles. The number of esters is 1. The summed E-state index contributed by atoms with van der Waals surface area (Å²) >= 11 is 0. The van der Waals surface area contributed by atoms with Gasteiger partial charge in [-0.1, -0.05) is 34.6 Å². The number of ether oxygens (including phenoxy) is 4. The van der Waals surface area contributed by atoms with Crippen molar-refractivity contribution in [3.8, 4) is 0 Å². The lowest BCUT2D eigenvalue weighted by atomic mass is 9.45. The topological polar surface area (TPSA) is 54.0 Å². The standard InChI is InChI=1S/C27H48O5/c1-10-24(6,7)23(28)32-27-13-20-11-25(16-27,14-21(29-8)18(2)3)15-26(12-20,17-27)31-22(30-9)19(4)5/h18-22H,10-17H2,1-9H3. The molecular formula is C27H48O5. The smallest absolute Gasteiger partial charge is 0.312 e. The Morgan fingerprint density at radius 1 is 0.938 bits per heavy atom. The Morgan fingerprint density at radius 3 is 2.09 bits per heavy atom. The average molecular weight is 453 g/mol. The lowest BCUT2D eigenvalue weighted by Gasteiger charge is -2.66. The minimum Gasteiger partial charge on any atom is -0.459 e. The molecule has 5 heteroatoms. The average Bonchev–Trinajstić information content (AvgIpc) is 2.68. The van der Waals surface area contributed by atoms with Crippen LogP contribution in [0.2, 0.25) is 0 Å². The molecule has 0 aromatic heterocycles. The molecule has 0 N–H and O–H groups in total. The third kappa shape index (κ3) is 5.05. The van der Waals surface area contributed by atoms with Crippen LogP contribution in [-0.2, 0) is 23.7 Å². The Morgan fingerprint density at radius 2 is 1.56 bits per heavy atom. The van der Waals surface area contributed by atoms with E-state index in [1.165, 1.54) is 6.42 Å². The molecule has 0 aromatic carbocycles. The van der Waals surface area contributed by atoms with E-state index in [0.717, 1.165) is 44.9 Å². The summed E-state index contributed by atoms with van der Waals surface area (Å²) in [6.45, 7) is 14.8. The number of hydrogen-bond acceptors (Lipinski definition) is 5. The van der Waals surface area contributed by atoms with Crippen LogP contribution in [0.15, 0.2) is 0 Å². The fraction of sp³-hybridized carbons (Fsp3) is 0.963. The zero-order chi connectivity index (χ0) is 23.9. The first-order valence-corrected chi connectivity index (χ1v) is 12.8. The third-order valence-corrected chi connectivity index (χ3v) is 8.65. The number of carbonyl (C=O) groups excluding carboxylic acids is 1. The summed E-state index contributed by atoms with van der Waals surface area (Å²) in [5.74, 6) is 1.17. The van der Waals surface area contributed by atoms with Crippen LogP contribution in [0.5, 0.6) is 0 Å². The van der Waals surface area contributed by atoms with E-state index in [1.807, 2.05) is 21.0 Å². The van der Waals surface area contributed by atoms with Crippen LogP contribution in [-0.4, -0.2) is 43.8 Å². The maximum Gasteiger partial charge on any atom is 0.312 e. The summed E-state index contributed by atoms with van der Waals surface area (Å²) in [5.41, 5.74) is -1.12. The molecule has 6 atom stereocenters. The second-order valence-corrected chi connectivity index (χ2v) is 12.7. The van der Waals surface area contributed by atoms with E-state index in [9.17, 15) is 4.79 Å². The number of carbonyl (C=O) groups is 1. The van der Waals surface area contributed by atoms with Crippen LogP contribution in [0, 0.1) is 28.6 Å². The largest absolute Gasteiger partial charge is 0.459 e. The highest BCUT2D eigenvalue weighted by molar-refractivity contribution is 5.76. The highest BCUT2D eigenvalue weighted by Gasteiger charge is 2.66. The fourth-order valence-corrected chi connectivity index (χ4v) is 7.13. The van der Waals surface area contributed by atoms with Gasteiger partial charge in [0.1, 0.15) is 5.60 Å².